The summed E-state index contributed by atoms with van der Waals surface area (Å²) in [5.74, 6) is -0.245. The van der Waals surface area contributed by atoms with Gasteiger partial charge in [0.05, 0.1) is 4.92 Å². The van der Waals surface area contributed by atoms with E-state index in [2.05, 4.69) is 5.32 Å². The fraction of sp³-hybridized carbons (Fsp3) is 0.417. The number of nitro groups is 1. The Morgan fingerprint density at radius 3 is 2.94 bits per heavy atom. The molecule has 1 heterocycles. The maximum Gasteiger partial charge on any atom is 0.274 e. The third kappa shape index (κ3) is 2.65. The summed E-state index contributed by atoms with van der Waals surface area (Å²) < 4.78 is 5.24. The number of rotatable bonds is 3. The van der Waals surface area contributed by atoms with E-state index in [9.17, 15) is 14.9 Å². The third-order valence-electron chi connectivity index (χ3n) is 2.90. The molecule has 6 heteroatoms. The average Bonchev–Trinajstić information content (AvgIpc) is 2.85. The second kappa shape index (κ2) is 5.14. The van der Waals surface area contributed by atoms with Crippen LogP contribution in [0.4, 0.5) is 11.4 Å². The second-order valence-electron chi connectivity index (χ2n) is 4.25. The van der Waals surface area contributed by atoms with Gasteiger partial charge in [-0.1, -0.05) is 6.07 Å². The molecule has 1 atom stereocenters. The van der Waals surface area contributed by atoms with Gasteiger partial charge in [0.25, 0.3) is 11.6 Å². The number of hydrogen-bond donors (Lipinski definition) is 1. The van der Waals surface area contributed by atoms with Crippen LogP contribution in [0.5, 0.6) is 0 Å². The highest BCUT2D eigenvalue weighted by molar-refractivity contribution is 5.94. The monoisotopic (exact) mass is 250 g/mol. The predicted octanol–water partition coefficient (Wildman–Crippen LogP) is 2.02. The molecule has 1 aromatic rings. The Balaban J connectivity index is 2.11. The number of nitrogens with one attached hydrogen (secondary N) is 1. The van der Waals surface area contributed by atoms with E-state index in [0.29, 0.717) is 24.3 Å². The molecule has 0 aliphatic carbocycles. The first kappa shape index (κ1) is 12.5. The number of nitro benzene ring substituents is 1. The largest absolute Gasteiger partial charge is 0.368 e. The van der Waals surface area contributed by atoms with Crippen molar-refractivity contribution in [2.45, 2.75) is 25.9 Å². The van der Waals surface area contributed by atoms with Crippen molar-refractivity contribution in [2.75, 3.05) is 11.9 Å². The highest BCUT2D eigenvalue weighted by atomic mass is 16.6. The van der Waals surface area contributed by atoms with Gasteiger partial charge in [-0.3, -0.25) is 14.9 Å². The molecular formula is C12H14N2O4. The summed E-state index contributed by atoms with van der Waals surface area (Å²) in [7, 11) is 0. The summed E-state index contributed by atoms with van der Waals surface area (Å²) in [6.07, 6.45) is 1.12. The van der Waals surface area contributed by atoms with Gasteiger partial charge in [-0.25, -0.2) is 0 Å². The highest BCUT2D eigenvalue weighted by Crippen LogP contribution is 2.23. The molecule has 2 rings (SSSR count). The van der Waals surface area contributed by atoms with Crippen molar-refractivity contribution in [3.05, 3.63) is 33.9 Å². The molecule has 1 saturated heterocycles. The molecule has 6 nitrogen and oxygen atoms in total. The van der Waals surface area contributed by atoms with Gasteiger partial charge in [0.1, 0.15) is 6.10 Å². The van der Waals surface area contributed by atoms with Gasteiger partial charge in [0.15, 0.2) is 0 Å². The van der Waals surface area contributed by atoms with Crippen molar-refractivity contribution in [3.8, 4) is 0 Å². The topological polar surface area (TPSA) is 81.5 Å². The smallest absolute Gasteiger partial charge is 0.274 e. The summed E-state index contributed by atoms with van der Waals surface area (Å²) in [6, 6.07) is 4.63. The first-order valence-electron chi connectivity index (χ1n) is 5.75. The lowest BCUT2D eigenvalue weighted by molar-refractivity contribution is -0.385. The highest BCUT2D eigenvalue weighted by Gasteiger charge is 2.24. The number of hydrogen-bond acceptors (Lipinski definition) is 4. The molecule has 1 amide bonds. The van der Waals surface area contributed by atoms with Crippen LogP contribution in [-0.4, -0.2) is 23.5 Å². The van der Waals surface area contributed by atoms with Crippen molar-refractivity contribution in [1.82, 2.24) is 0 Å². The molecule has 0 saturated carbocycles. The van der Waals surface area contributed by atoms with Crippen LogP contribution in [0.15, 0.2) is 18.2 Å². The zero-order chi connectivity index (χ0) is 13.1. The summed E-state index contributed by atoms with van der Waals surface area (Å²) in [6.45, 7) is 2.25. The van der Waals surface area contributed by atoms with Crippen LogP contribution < -0.4 is 5.32 Å². The first-order valence-corrected chi connectivity index (χ1v) is 5.75. The van der Waals surface area contributed by atoms with Gasteiger partial charge in [-0.2, -0.15) is 0 Å². The number of nitrogens with zero attached hydrogens (tertiary/aromatic N) is 1. The molecule has 1 aromatic carbocycles. The zero-order valence-corrected chi connectivity index (χ0v) is 10.0. The third-order valence-corrected chi connectivity index (χ3v) is 2.90. The summed E-state index contributed by atoms with van der Waals surface area (Å²) >= 11 is 0. The first-order chi connectivity index (χ1) is 8.58. The van der Waals surface area contributed by atoms with Crippen molar-refractivity contribution in [2.24, 2.45) is 0 Å². The minimum absolute atomic E-state index is 0.000130. The molecule has 1 fully saturated rings. The second-order valence-corrected chi connectivity index (χ2v) is 4.25. The Kier molecular flexibility index (Phi) is 3.57. The van der Waals surface area contributed by atoms with E-state index in [4.69, 9.17) is 4.74 Å². The van der Waals surface area contributed by atoms with Crippen molar-refractivity contribution in [1.29, 1.82) is 0 Å². The van der Waals surface area contributed by atoms with Gasteiger partial charge >= 0.3 is 0 Å². The summed E-state index contributed by atoms with van der Waals surface area (Å²) in [5, 5.41) is 13.4. The van der Waals surface area contributed by atoms with Crippen molar-refractivity contribution in [3.63, 3.8) is 0 Å². The zero-order valence-electron chi connectivity index (χ0n) is 10.0. The van der Waals surface area contributed by atoms with Crippen molar-refractivity contribution >= 4 is 17.3 Å². The molecule has 96 valence electrons. The Hall–Kier alpha value is -1.95. The van der Waals surface area contributed by atoms with E-state index in [1.54, 1.807) is 19.1 Å². The number of amides is 1. The van der Waals surface area contributed by atoms with Gasteiger partial charge in [-0.15, -0.1) is 0 Å². The molecule has 0 spiro atoms. The van der Waals surface area contributed by atoms with E-state index in [1.165, 1.54) is 6.07 Å². The number of benzene rings is 1. The van der Waals surface area contributed by atoms with Crippen LogP contribution in [0.2, 0.25) is 0 Å². The van der Waals surface area contributed by atoms with Gasteiger partial charge in [0, 0.05) is 23.9 Å². The average molecular weight is 250 g/mol. The Morgan fingerprint density at radius 2 is 2.33 bits per heavy atom. The maximum atomic E-state index is 11.8. The Morgan fingerprint density at radius 1 is 1.56 bits per heavy atom. The summed E-state index contributed by atoms with van der Waals surface area (Å²) in [4.78, 5) is 22.1. The quantitative estimate of drug-likeness (QED) is 0.657. The molecule has 1 aliphatic rings. The Labute approximate surface area is 104 Å². The summed E-state index contributed by atoms with van der Waals surface area (Å²) in [5.41, 5.74) is 0.989. The maximum absolute atomic E-state index is 11.8. The van der Waals surface area contributed by atoms with E-state index in [0.717, 1.165) is 6.42 Å². The minimum atomic E-state index is -0.461. The fourth-order valence-corrected chi connectivity index (χ4v) is 1.89. The van der Waals surface area contributed by atoms with E-state index >= 15 is 0 Å². The number of ether oxygens (including phenoxy) is 1. The number of carbonyl (C=O) groups is 1. The van der Waals surface area contributed by atoms with Crippen LogP contribution >= 0.6 is 0 Å². The van der Waals surface area contributed by atoms with Gasteiger partial charge in [-0.05, 0) is 25.8 Å². The molecular weight excluding hydrogens is 236 g/mol. The SMILES string of the molecule is Cc1ccc(NC(=O)[C@@H]2CCCO2)cc1[N+](=O)[O-]. The molecule has 1 N–H and O–H groups in total. The van der Waals surface area contributed by atoms with E-state index < -0.39 is 11.0 Å². The number of aryl methyl sites for hydroxylation is 1. The van der Waals surface area contributed by atoms with Gasteiger partial charge in [0.2, 0.25) is 0 Å². The van der Waals surface area contributed by atoms with E-state index in [-0.39, 0.29) is 11.6 Å². The van der Waals surface area contributed by atoms with Crippen LogP contribution in [0.1, 0.15) is 18.4 Å². The molecule has 0 radical (unpaired) electrons. The Bertz CT molecular complexity index is 481. The van der Waals surface area contributed by atoms with Crippen LogP contribution in [0, 0.1) is 17.0 Å². The lowest BCUT2D eigenvalue weighted by Gasteiger charge is -2.10. The standard InChI is InChI=1S/C12H14N2O4/c1-8-4-5-9(7-10(8)14(16)17)13-12(15)11-3-2-6-18-11/h4-5,7,11H,2-3,6H2,1H3,(H,13,15)/t11-/m0/s1. The molecule has 1 aliphatic heterocycles. The fourth-order valence-electron chi connectivity index (χ4n) is 1.89. The lowest BCUT2D eigenvalue weighted by atomic mass is 10.1. The van der Waals surface area contributed by atoms with Crippen LogP contribution in [0.25, 0.3) is 0 Å². The van der Waals surface area contributed by atoms with Crippen LogP contribution in [0.3, 0.4) is 0 Å². The number of anilines is 1. The lowest BCUT2D eigenvalue weighted by Crippen LogP contribution is -2.26. The number of carbonyl (C=O) groups excluding carboxylic acids is 1. The normalized spacial score (nSPS) is 18.6. The molecule has 0 bridgehead atoms. The minimum Gasteiger partial charge on any atom is -0.368 e. The van der Waals surface area contributed by atoms with E-state index in [1.807, 2.05) is 0 Å². The molecule has 18 heavy (non-hydrogen) atoms. The molecule has 0 aromatic heterocycles. The predicted molar refractivity (Wildman–Crippen MR) is 65.4 cm³/mol. The van der Waals surface area contributed by atoms with Crippen molar-refractivity contribution < 1.29 is 14.5 Å². The molecule has 0 unspecified atom stereocenters. The van der Waals surface area contributed by atoms with Crippen LogP contribution in [-0.2, 0) is 9.53 Å². The van der Waals surface area contributed by atoms with Gasteiger partial charge < -0.3 is 10.1 Å².